The summed E-state index contributed by atoms with van der Waals surface area (Å²) in [5, 5.41) is 9.22. The van der Waals surface area contributed by atoms with Crippen molar-refractivity contribution in [2.45, 2.75) is 18.9 Å². The van der Waals surface area contributed by atoms with Gasteiger partial charge in [-0.25, -0.2) is 4.79 Å². The molecule has 0 aromatic heterocycles. The predicted molar refractivity (Wildman–Crippen MR) is 73.0 cm³/mol. The quantitative estimate of drug-likeness (QED) is 0.839. The summed E-state index contributed by atoms with van der Waals surface area (Å²) in [6.07, 6.45) is 0.234. The zero-order chi connectivity index (χ0) is 14.6. The molecule has 102 valence electrons. The van der Waals surface area contributed by atoms with E-state index in [1.807, 2.05) is 0 Å². The molecular weight excluding hydrogens is 314 g/mol. The van der Waals surface area contributed by atoms with Gasteiger partial charge in [-0.05, 0) is 25.1 Å². The lowest BCUT2D eigenvalue weighted by Crippen LogP contribution is -2.53. The lowest BCUT2D eigenvalue weighted by molar-refractivity contribution is -0.149. The molecule has 1 aromatic carbocycles. The SMILES string of the molecule is CN(C(=O)c1cccc(Br)c1)[C@](C)(CC=O)C(=O)O. The first-order valence-electron chi connectivity index (χ1n) is 5.53. The van der Waals surface area contributed by atoms with Crippen molar-refractivity contribution in [1.82, 2.24) is 4.90 Å². The number of rotatable bonds is 5. The molecule has 5 nitrogen and oxygen atoms in total. The normalized spacial score (nSPS) is 13.4. The first-order valence-corrected chi connectivity index (χ1v) is 6.33. The van der Waals surface area contributed by atoms with Crippen LogP contribution in [0.1, 0.15) is 23.7 Å². The van der Waals surface area contributed by atoms with E-state index in [-0.39, 0.29) is 6.42 Å². The van der Waals surface area contributed by atoms with E-state index in [4.69, 9.17) is 0 Å². The predicted octanol–water partition coefficient (Wildman–Crippen LogP) is 1.95. The van der Waals surface area contributed by atoms with Crippen LogP contribution in [0.15, 0.2) is 28.7 Å². The summed E-state index contributed by atoms with van der Waals surface area (Å²) < 4.78 is 0.721. The van der Waals surface area contributed by atoms with Gasteiger partial charge in [0.2, 0.25) is 0 Å². The fraction of sp³-hybridized carbons (Fsp3) is 0.308. The Balaban J connectivity index is 3.10. The number of carboxylic acids is 1. The monoisotopic (exact) mass is 327 g/mol. The molecule has 0 saturated heterocycles. The number of halogens is 1. The third kappa shape index (κ3) is 3.20. The van der Waals surface area contributed by atoms with Crippen LogP contribution in [0, 0.1) is 0 Å². The van der Waals surface area contributed by atoms with Gasteiger partial charge in [0.15, 0.2) is 0 Å². The maximum Gasteiger partial charge on any atom is 0.329 e. The maximum atomic E-state index is 12.2. The summed E-state index contributed by atoms with van der Waals surface area (Å²) in [6.45, 7) is 1.35. The number of aliphatic carboxylic acids is 1. The van der Waals surface area contributed by atoms with E-state index < -0.39 is 17.4 Å². The van der Waals surface area contributed by atoms with Gasteiger partial charge in [0.05, 0.1) is 0 Å². The number of aldehydes is 1. The van der Waals surface area contributed by atoms with Gasteiger partial charge >= 0.3 is 5.97 Å². The van der Waals surface area contributed by atoms with Crippen LogP contribution >= 0.6 is 15.9 Å². The Labute approximate surface area is 119 Å². The van der Waals surface area contributed by atoms with Crippen LogP contribution in [-0.4, -0.2) is 40.8 Å². The second kappa shape index (κ2) is 5.97. The van der Waals surface area contributed by atoms with Crippen molar-refractivity contribution in [3.63, 3.8) is 0 Å². The van der Waals surface area contributed by atoms with Crippen molar-refractivity contribution in [1.29, 1.82) is 0 Å². The van der Waals surface area contributed by atoms with E-state index >= 15 is 0 Å². The number of likely N-dealkylation sites (N-methyl/N-ethyl adjacent to an activating group) is 1. The van der Waals surface area contributed by atoms with Crippen molar-refractivity contribution < 1.29 is 19.5 Å². The number of hydrogen-bond acceptors (Lipinski definition) is 3. The second-order valence-corrected chi connectivity index (χ2v) is 5.24. The molecule has 0 bridgehead atoms. The van der Waals surface area contributed by atoms with Crippen LogP contribution < -0.4 is 0 Å². The fourth-order valence-corrected chi connectivity index (χ4v) is 1.97. The van der Waals surface area contributed by atoms with Gasteiger partial charge in [0.25, 0.3) is 5.91 Å². The molecule has 0 spiro atoms. The molecule has 0 radical (unpaired) electrons. The Hall–Kier alpha value is -1.69. The summed E-state index contributed by atoms with van der Waals surface area (Å²) >= 11 is 3.25. The molecule has 0 unspecified atom stereocenters. The van der Waals surface area contributed by atoms with Gasteiger partial charge in [-0.3, -0.25) is 4.79 Å². The molecule has 0 heterocycles. The summed E-state index contributed by atoms with van der Waals surface area (Å²) in [7, 11) is 1.38. The van der Waals surface area contributed by atoms with Crippen LogP contribution in [-0.2, 0) is 9.59 Å². The lowest BCUT2D eigenvalue weighted by atomic mass is 9.96. The van der Waals surface area contributed by atoms with Crippen LogP contribution in [0.25, 0.3) is 0 Å². The average Bonchev–Trinajstić information content (AvgIpc) is 2.37. The first-order chi connectivity index (χ1) is 8.82. The Morgan fingerprint density at radius 3 is 2.58 bits per heavy atom. The Morgan fingerprint density at radius 2 is 2.11 bits per heavy atom. The molecule has 0 saturated carbocycles. The Morgan fingerprint density at radius 1 is 1.47 bits per heavy atom. The molecule has 1 amide bonds. The number of hydrogen-bond donors (Lipinski definition) is 1. The number of carbonyl (C=O) groups excluding carboxylic acids is 2. The highest BCUT2D eigenvalue weighted by Gasteiger charge is 2.40. The first kappa shape index (κ1) is 15.4. The maximum absolute atomic E-state index is 12.2. The molecule has 0 fully saturated rings. The molecule has 6 heteroatoms. The molecule has 1 rings (SSSR count). The minimum atomic E-state index is -1.55. The van der Waals surface area contributed by atoms with Gasteiger partial charge in [-0.15, -0.1) is 0 Å². The third-order valence-corrected chi connectivity index (χ3v) is 3.55. The van der Waals surface area contributed by atoms with Crippen molar-refractivity contribution in [3.8, 4) is 0 Å². The highest BCUT2D eigenvalue weighted by atomic mass is 79.9. The highest BCUT2D eigenvalue weighted by molar-refractivity contribution is 9.10. The topological polar surface area (TPSA) is 74.7 Å². The van der Waals surface area contributed by atoms with Crippen molar-refractivity contribution in [2.75, 3.05) is 7.05 Å². The molecular formula is C13H14BrNO4. The summed E-state index contributed by atoms with van der Waals surface area (Å²) in [5.41, 5.74) is -1.20. The fourth-order valence-electron chi connectivity index (χ4n) is 1.57. The molecule has 0 aliphatic heterocycles. The van der Waals surface area contributed by atoms with E-state index in [1.165, 1.54) is 14.0 Å². The van der Waals surface area contributed by atoms with Crippen LogP contribution in [0.2, 0.25) is 0 Å². The lowest BCUT2D eigenvalue weighted by Gasteiger charge is -2.33. The molecule has 1 N–H and O–H groups in total. The molecule has 0 aliphatic carbocycles. The summed E-state index contributed by atoms with van der Waals surface area (Å²) in [4.78, 5) is 35.3. The molecule has 0 aliphatic rings. The van der Waals surface area contributed by atoms with Crippen molar-refractivity contribution in [3.05, 3.63) is 34.3 Å². The highest BCUT2D eigenvalue weighted by Crippen LogP contribution is 2.21. The van der Waals surface area contributed by atoms with E-state index in [9.17, 15) is 19.5 Å². The van der Waals surface area contributed by atoms with Gasteiger partial charge in [0.1, 0.15) is 11.8 Å². The van der Waals surface area contributed by atoms with Gasteiger partial charge in [0, 0.05) is 23.5 Å². The standard InChI is InChI=1S/C13H14BrNO4/c1-13(6-7-16,12(18)19)15(2)11(17)9-4-3-5-10(14)8-9/h3-5,7-8H,6H2,1-2H3,(H,18,19)/t13-/m1/s1. The average molecular weight is 328 g/mol. The summed E-state index contributed by atoms with van der Waals surface area (Å²) in [5.74, 6) is -1.67. The zero-order valence-corrected chi connectivity index (χ0v) is 12.2. The largest absolute Gasteiger partial charge is 0.479 e. The van der Waals surface area contributed by atoms with Crippen molar-refractivity contribution in [2.24, 2.45) is 0 Å². The van der Waals surface area contributed by atoms with Crippen LogP contribution in [0.4, 0.5) is 0 Å². The Kier molecular flexibility index (Phi) is 4.83. The van der Waals surface area contributed by atoms with Crippen LogP contribution in [0.3, 0.4) is 0 Å². The third-order valence-electron chi connectivity index (χ3n) is 3.06. The van der Waals surface area contributed by atoms with Gasteiger partial charge < -0.3 is 14.8 Å². The number of carbonyl (C=O) groups is 3. The number of benzene rings is 1. The van der Waals surface area contributed by atoms with E-state index in [2.05, 4.69) is 15.9 Å². The molecule has 1 aromatic rings. The van der Waals surface area contributed by atoms with Crippen molar-refractivity contribution >= 4 is 34.1 Å². The Bertz CT molecular complexity index is 517. The number of carboxylic acid groups (broad SMARTS) is 1. The van der Waals surface area contributed by atoms with Gasteiger partial charge in [-0.1, -0.05) is 22.0 Å². The zero-order valence-electron chi connectivity index (χ0n) is 10.6. The number of amides is 1. The number of nitrogens with zero attached hydrogens (tertiary/aromatic N) is 1. The molecule has 19 heavy (non-hydrogen) atoms. The molecule has 1 atom stereocenters. The van der Waals surface area contributed by atoms with E-state index in [0.29, 0.717) is 11.8 Å². The van der Waals surface area contributed by atoms with E-state index in [1.54, 1.807) is 24.3 Å². The smallest absolute Gasteiger partial charge is 0.329 e. The summed E-state index contributed by atoms with van der Waals surface area (Å²) in [6, 6.07) is 6.64. The minimum absolute atomic E-state index is 0.265. The minimum Gasteiger partial charge on any atom is -0.479 e. The second-order valence-electron chi connectivity index (χ2n) is 4.32. The van der Waals surface area contributed by atoms with Crippen LogP contribution in [0.5, 0.6) is 0 Å². The van der Waals surface area contributed by atoms with Gasteiger partial charge in [-0.2, -0.15) is 0 Å². The van der Waals surface area contributed by atoms with E-state index in [0.717, 1.165) is 9.37 Å².